The first-order valence-electron chi connectivity index (χ1n) is 9.37. The van der Waals surface area contributed by atoms with Crippen LogP contribution in [0.2, 0.25) is 0 Å². The molecule has 2 aromatic rings. The molecule has 0 unspecified atom stereocenters. The van der Waals surface area contributed by atoms with Gasteiger partial charge in [0.25, 0.3) is 11.6 Å². The predicted octanol–water partition coefficient (Wildman–Crippen LogP) is 2.28. The average Bonchev–Trinajstić information content (AvgIpc) is 2.72. The van der Waals surface area contributed by atoms with Crippen LogP contribution in [-0.4, -0.2) is 73.7 Å². The van der Waals surface area contributed by atoms with Crippen LogP contribution in [0, 0.1) is 10.1 Å². The number of hydrogen-bond donors (Lipinski definition) is 0. The lowest BCUT2D eigenvalue weighted by molar-refractivity contribution is -0.384. The average molecular weight is 396 g/mol. The molecule has 8 heteroatoms. The molecule has 0 bridgehead atoms. The normalized spacial score (nSPS) is 14.5. The van der Waals surface area contributed by atoms with Crippen molar-refractivity contribution in [2.24, 2.45) is 0 Å². The number of piperazine rings is 1. The SMILES string of the molecule is CN1CCN(C(=O)c2ccccc2C(=O)c2ccc(N(C)C)c([N+](=O)[O-])c2)CC1. The highest BCUT2D eigenvalue weighted by Gasteiger charge is 2.26. The van der Waals surface area contributed by atoms with Crippen molar-refractivity contribution < 1.29 is 14.5 Å². The van der Waals surface area contributed by atoms with Crippen LogP contribution < -0.4 is 4.90 Å². The van der Waals surface area contributed by atoms with Gasteiger partial charge in [-0.15, -0.1) is 0 Å². The van der Waals surface area contributed by atoms with Crippen molar-refractivity contribution in [3.8, 4) is 0 Å². The maximum Gasteiger partial charge on any atom is 0.293 e. The Kier molecular flexibility index (Phi) is 5.93. The molecule has 0 N–H and O–H groups in total. The van der Waals surface area contributed by atoms with Gasteiger partial charge < -0.3 is 14.7 Å². The molecule has 2 aromatic carbocycles. The van der Waals surface area contributed by atoms with Gasteiger partial charge in [-0.3, -0.25) is 19.7 Å². The zero-order valence-corrected chi connectivity index (χ0v) is 16.8. The Morgan fingerprint density at radius 1 is 1.00 bits per heavy atom. The number of hydrogen-bond acceptors (Lipinski definition) is 6. The van der Waals surface area contributed by atoms with Gasteiger partial charge in [0.1, 0.15) is 5.69 Å². The Labute approximate surface area is 169 Å². The Morgan fingerprint density at radius 3 is 2.21 bits per heavy atom. The van der Waals surface area contributed by atoms with Crippen molar-refractivity contribution in [3.63, 3.8) is 0 Å². The van der Waals surface area contributed by atoms with Gasteiger partial charge in [-0.25, -0.2) is 0 Å². The van der Waals surface area contributed by atoms with Gasteiger partial charge in [0.05, 0.1) is 10.5 Å². The monoisotopic (exact) mass is 396 g/mol. The van der Waals surface area contributed by atoms with E-state index in [-0.39, 0.29) is 22.7 Å². The number of rotatable bonds is 5. The fourth-order valence-corrected chi connectivity index (χ4v) is 3.39. The number of carbonyl (C=O) groups excluding carboxylic acids is 2. The second kappa shape index (κ2) is 8.40. The predicted molar refractivity (Wildman–Crippen MR) is 111 cm³/mol. The third-order valence-corrected chi connectivity index (χ3v) is 5.11. The van der Waals surface area contributed by atoms with Crippen LogP contribution in [0.3, 0.4) is 0 Å². The molecule has 0 radical (unpaired) electrons. The summed E-state index contributed by atoms with van der Waals surface area (Å²) >= 11 is 0. The van der Waals surface area contributed by atoms with Crippen molar-refractivity contribution in [3.05, 3.63) is 69.3 Å². The molecule has 1 fully saturated rings. The maximum absolute atomic E-state index is 13.1. The zero-order valence-electron chi connectivity index (χ0n) is 16.8. The molecule has 1 aliphatic heterocycles. The van der Waals surface area contributed by atoms with Crippen LogP contribution in [0.25, 0.3) is 0 Å². The van der Waals surface area contributed by atoms with Crippen LogP contribution >= 0.6 is 0 Å². The molecule has 0 aliphatic carbocycles. The summed E-state index contributed by atoms with van der Waals surface area (Å²) in [6.45, 7) is 2.75. The number of ketones is 1. The highest BCUT2D eigenvalue weighted by molar-refractivity contribution is 6.15. The lowest BCUT2D eigenvalue weighted by Crippen LogP contribution is -2.47. The molecule has 152 valence electrons. The van der Waals surface area contributed by atoms with E-state index in [1.54, 1.807) is 60.3 Å². The summed E-state index contributed by atoms with van der Waals surface area (Å²) in [6, 6.07) is 11.0. The first kappa shape index (κ1) is 20.5. The molecule has 1 amide bonds. The third kappa shape index (κ3) is 4.27. The second-order valence-corrected chi connectivity index (χ2v) is 7.33. The fourth-order valence-electron chi connectivity index (χ4n) is 3.39. The molecule has 1 saturated heterocycles. The van der Waals surface area contributed by atoms with Crippen molar-refractivity contribution in [2.75, 3.05) is 52.2 Å². The van der Waals surface area contributed by atoms with E-state index < -0.39 is 10.7 Å². The van der Waals surface area contributed by atoms with Crippen LogP contribution in [-0.2, 0) is 0 Å². The molecule has 1 heterocycles. The van der Waals surface area contributed by atoms with Crippen molar-refractivity contribution in [2.45, 2.75) is 0 Å². The van der Waals surface area contributed by atoms with Gasteiger partial charge in [-0.2, -0.15) is 0 Å². The standard InChI is InChI=1S/C21H24N4O4/c1-22(2)18-9-8-15(14-19(18)25(28)29)20(26)16-6-4-5-7-17(16)21(27)24-12-10-23(3)11-13-24/h4-9,14H,10-13H2,1-3H3. The summed E-state index contributed by atoms with van der Waals surface area (Å²) in [4.78, 5) is 42.6. The highest BCUT2D eigenvalue weighted by Crippen LogP contribution is 2.29. The van der Waals surface area contributed by atoms with E-state index in [0.29, 0.717) is 24.3 Å². The maximum atomic E-state index is 13.1. The summed E-state index contributed by atoms with van der Waals surface area (Å²) in [5.41, 5.74) is 1.02. The molecule has 29 heavy (non-hydrogen) atoms. The minimum atomic E-state index is -0.507. The molecular formula is C21H24N4O4. The number of nitro groups is 1. The van der Waals surface area contributed by atoms with Gasteiger partial charge in [0.2, 0.25) is 0 Å². The Hall–Kier alpha value is -3.26. The lowest BCUT2D eigenvalue weighted by atomic mass is 9.96. The number of likely N-dealkylation sites (N-methyl/N-ethyl adjacent to an activating group) is 1. The third-order valence-electron chi connectivity index (χ3n) is 5.11. The first-order valence-corrected chi connectivity index (χ1v) is 9.37. The summed E-state index contributed by atoms with van der Waals surface area (Å²) in [6.07, 6.45) is 0. The van der Waals surface area contributed by atoms with Crippen molar-refractivity contribution in [1.82, 2.24) is 9.80 Å². The van der Waals surface area contributed by atoms with E-state index in [1.165, 1.54) is 6.07 Å². The second-order valence-electron chi connectivity index (χ2n) is 7.33. The summed E-state index contributed by atoms with van der Waals surface area (Å²) in [7, 11) is 5.41. The number of amides is 1. The Bertz CT molecular complexity index is 949. The van der Waals surface area contributed by atoms with E-state index in [1.807, 2.05) is 7.05 Å². The Morgan fingerprint density at radius 2 is 1.62 bits per heavy atom. The first-order chi connectivity index (χ1) is 13.8. The fraction of sp³-hybridized carbons (Fsp3) is 0.333. The van der Waals surface area contributed by atoms with E-state index in [9.17, 15) is 19.7 Å². The summed E-state index contributed by atoms with van der Waals surface area (Å²) < 4.78 is 0. The van der Waals surface area contributed by atoms with Crippen LogP contribution in [0.4, 0.5) is 11.4 Å². The van der Waals surface area contributed by atoms with Crippen LogP contribution in [0.1, 0.15) is 26.3 Å². The lowest BCUT2D eigenvalue weighted by Gasteiger charge is -2.32. The molecule has 3 rings (SSSR count). The van der Waals surface area contributed by atoms with Crippen molar-refractivity contribution in [1.29, 1.82) is 0 Å². The zero-order chi connectivity index (χ0) is 21.1. The molecule has 1 aliphatic rings. The van der Waals surface area contributed by atoms with Crippen molar-refractivity contribution >= 4 is 23.1 Å². The summed E-state index contributed by atoms with van der Waals surface area (Å²) in [5, 5.41) is 11.4. The van der Waals surface area contributed by atoms with Gasteiger partial charge in [0.15, 0.2) is 5.78 Å². The molecule has 0 atom stereocenters. The molecule has 0 spiro atoms. The van der Waals surface area contributed by atoms with Gasteiger partial charge >= 0.3 is 0 Å². The van der Waals surface area contributed by atoms with E-state index in [4.69, 9.17) is 0 Å². The topological polar surface area (TPSA) is 87.0 Å². The molecule has 0 aromatic heterocycles. The van der Waals surface area contributed by atoms with E-state index in [2.05, 4.69) is 4.90 Å². The largest absolute Gasteiger partial charge is 0.372 e. The van der Waals surface area contributed by atoms with Gasteiger partial charge in [0, 0.05) is 57.5 Å². The van der Waals surface area contributed by atoms with Gasteiger partial charge in [-0.1, -0.05) is 18.2 Å². The van der Waals surface area contributed by atoms with Crippen LogP contribution in [0.15, 0.2) is 42.5 Å². The van der Waals surface area contributed by atoms with E-state index in [0.717, 1.165) is 13.1 Å². The number of carbonyl (C=O) groups is 2. The number of anilines is 1. The quantitative estimate of drug-likeness (QED) is 0.438. The Balaban J connectivity index is 1.96. The minimum absolute atomic E-state index is 0.149. The summed E-state index contributed by atoms with van der Waals surface area (Å²) in [5.74, 6) is -0.599. The number of benzene rings is 2. The van der Waals surface area contributed by atoms with Crippen LogP contribution in [0.5, 0.6) is 0 Å². The number of nitro benzene ring substituents is 1. The smallest absolute Gasteiger partial charge is 0.293 e. The van der Waals surface area contributed by atoms with Gasteiger partial charge in [-0.05, 0) is 25.2 Å². The molecule has 8 nitrogen and oxygen atoms in total. The minimum Gasteiger partial charge on any atom is -0.372 e. The van der Waals surface area contributed by atoms with E-state index >= 15 is 0 Å². The molecule has 0 saturated carbocycles. The molecular weight excluding hydrogens is 372 g/mol. The highest BCUT2D eigenvalue weighted by atomic mass is 16.6. The number of nitrogens with zero attached hydrogens (tertiary/aromatic N) is 4.